The summed E-state index contributed by atoms with van der Waals surface area (Å²) in [6, 6.07) is 0.528. The standard InChI is InChI=1S/C12H15N5O4/c1-2-8-11(18)14-3-4-16(8)12(19)7-5-10(13)15-6-9(7)17(20)21/h5-6,8H,2-4H2,1H3,(H2,13,15)(H,14,18). The molecule has 1 aliphatic heterocycles. The van der Waals surface area contributed by atoms with Crippen LogP contribution in [0.25, 0.3) is 0 Å². The van der Waals surface area contributed by atoms with E-state index >= 15 is 0 Å². The smallest absolute Gasteiger partial charge is 0.300 e. The Balaban J connectivity index is 2.41. The van der Waals surface area contributed by atoms with Gasteiger partial charge in [-0.05, 0) is 12.5 Å². The maximum atomic E-state index is 12.6. The summed E-state index contributed by atoms with van der Waals surface area (Å²) in [5.41, 5.74) is 4.93. The van der Waals surface area contributed by atoms with Gasteiger partial charge in [0.2, 0.25) is 5.91 Å². The van der Waals surface area contributed by atoms with Crippen molar-refractivity contribution >= 4 is 23.3 Å². The lowest BCUT2D eigenvalue weighted by atomic mass is 10.1. The van der Waals surface area contributed by atoms with Crippen LogP contribution in [0, 0.1) is 10.1 Å². The Morgan fingerprint density at radius 1 is 1.67 bits per heavy atom. The maximum absolute atomic E-state index is 12.6. The number of aromatic nitrogens is 1. The zero-order valence-corrected chi connectivity index (χ0v) is 11.4. The maximum Gasteiger partial charge on any atom is 0.300 e. The number of nitrogens with one attached hydrogen (secondary N) is 1. The van der Waals surface area contributed by atoms with Gasteiger partial charge in [0.15, 0.2) is 0 Å². The van der Waals surface area contributed by atoms with Crippen LogP contribution in [0.15, 0.2) is 12.3 Å². The average molecular weight is 293 g/mol. The first-order valence-electron chi connectivity index (χ1n) is 6.44. The van der Waals surface area contributed by atoms with Gasteiger partial charge in [0, 0.05) is 13.1 Å². The lowest BCUT2D eigenvalue weighted by Crippen LogP contribution is -2.57. The van der Waals surface area contributed by atoms with Crippen LogP contribution in [0.1, 0.15) is 23.7 Å². The number of rotatable bonds is 3. The molecule has 2 heterocycles. The molecule has 1 aliphatic rings. The first kappa shape index (κ1) is 14.7. The molecule has 1 fully saturated rings. The van der Waals surface area contributed by atoms with Crippen molar-refractivity contribution in [2.75, 3.05) is 18.8 Å². The highest BCUT2D eigenvalue weighted by atomic mass is 16.6. The zero-order chi connectivity index (χ0) is 15.6. The van der Waals surface area contributed by atoms with Gasteiger partial charge in [-0.25, -0.2) is 4.98 Å². The first-order valence-corrected chi connectivity index (χ1v) is 6.44. The second-order valence-corrected chi connectivity index (χ2v) is 4.60. The van der Waals surface area contributed by atoms with Gasteiger partial charge in [-0.3, -0.25) is 19.7 Å². The van der Waals surface area contributed by atoms with E-state index in [9.17, 15) is 19.7 Å². The van der Waals surface area contributed by atoms with Crippen LogP contribution in [-0.2, 0) is 4.79 Å². The predicted molar refractivity (Wildman–Crippen MR) is 73.4 cm³/mol. The molecule has 0 aliphatic carbocycles. The third-order valence-corrected chi connectivity index (χ3v) is 3.31. The van der Waals surface area contributed by atoms with E-state index in [0.29, 0.717) is 19.5 Å². The molecule has 1 saturated heterocycles. The van der Waals surface area contributed by atoms with Gasteiger partial charge in [0.1, 0.15) is 23.6 Å². The van der Waals surface area contributed by atoms with Gasteiger partial charge in [0.05, 0.1) is 4.92 Å². The van der Waals surface area contributed by atoms with Crippen molar-refractivity contribution in [1.29, 1.82) is 0 Å². The molecule has 1 aromatic rings. The lowest BCUT2D eigenvalue weighted by molar-refractivity contribution is -0.385. The Hall–Kier alpha value is -2.71. The normalized spacial score (nSPS) is 18.2. The summed E-state index contributed by atoms with van der Waals surface area (Å²) >= 11 is 0. The van der Waals surface area contributed by atoms with Crippen LogP contribution in [-0.4, -0.2) is 45.8 Å². The van der Waals surface area contributed by atoms with E-state index in [1.165, 1.54) is 11.0 Å². The minimum absolute atomic E-state index is 0.0125. The summed E-state index contributed by atoms with van der Waals surface area (Å²) in [4.78, 5) is 39.6. The molecule has 9 heteroatoms. The molecule has 0 saturated carbocycles. The van der Waals surface area contributed by atoms with Crippen LogP contribution >= 0.6 is 0 Å². The van der Waals surface area contributed by atoms with Crippen LogP contribution in [0.5, 0.6) is 0 Å². The minimum Gasteiger partial charge on any atom is -0.384 e. The molecule has 112 valence electrons. The highest BCUT2D eigenvalue weighted by Crippen LogP contribution is 2.23. The third-order valence-electron chi connectivity index (χ3n) is 3.31. The Bertz CT molecular complexity index is 603. The minimum atomic E-state index is -0.690. The highest BCUT2D eigenvalue weighted by Gasteiger charge is 2.35. The van der Waals surface area contributed by atoms with Gasteiger partial charge in [-0.1, -0.05) is 6.92 Å². The summed E-state index contributed by atoms with van der Waals surface area (Å²) in [6.07, 6.45) is 1.37. The number of hydrogen-bond donors (Lipinski definition) is 2. The van der Waals surface area contributed by atoms with Crippen molar-refractivity contribution < 1.29 is 14.5 Å². The summed E-state index contributed by atoms with van der Waals surface area (Å²) in [5.74, 6) is -0.835. The summed E-state index contributed by atoms with van der Waals surface area (Å²) < 4.78 is 0. The number of nitrogens with two attached hydrogens (primary N) is 1. The second kappa shape index (κ2) is 5.73. The molecule has 9 nitrogen and oxygen atoms in total. The van der Waals surface area contributed by atoms with Crippen molar-refractivity contribution in [1.82, 2.24) is 15.2 Å². The molecule has 2 amide bonds. The number of nitrogens with zero attached hydrogens (tertiary/aromatic N) is 3. The molecule has 0 radical (unpaired) electrons. The lowest BCUT2D eigenvalue weighted by Gasteiger charge is -2.34. The molecule has 2 rings (SSSR count). The fraction of sp³-hybridized carbons (Fsp3) is 0.417. The van der Waals surface area contributed by atoms with E-state index in [0.717, 1.165) is 6.20 Å². The van der Waals surface area contributed by atoms with Crippen molar-refractivity contribution in [3.63, 3.8) is 0 Å². The van der Waals surface area contributed by atoms with E-state index in [4.69, 9.17) is 5.73 Å². The number of nitrogen functional groups attached to an aromatic ring is 1. The highest BCUT2D eigenvalue weighted by molar-refractivity contribution is 6.01. The molecule has 3 N–H and O–H groups in total. The number of carbonyl (C=O) groups is 2. The summed E-state index contributed by atoms with van der Waals surface area (Å²) in [6.45, 7) is 2.38. The third kappa shape index (κ3) is 2.76. The van der Waals surface area contributed by atoms with Crippen LogP contribution in [0.2, 0.25) is 0 Å². The van der Waals surface area contributed by atoms with Gasteiger partial charge in [-0.15, -0.1) is 0 Å². The number of nitro groups is 1. The number of amides is 2. The van der Waals surface area contributed by atoms with Crippen molar-refractivity contribution in [3.05, 3.63) is 27.9 Å². The van der Waals surface area contributed by atoms with Crippen LogP contribution in [0.3, 0.4) is 0 Å². The number of pyridine rings is 1. The Morgan fingerprint density at radius 2 is 2.38 bits per heavy atom. The molecular formula is C12H15N5O4. The van der Waals surface area contributed by atoms with E-state index in [1.807, 2.05) is 0 Å². The van der Waals surface area contributed by atoms with Crippen LogP contribution < -0.4 is 11.1 Å². The SMILES string of the molecule is CCC1C(=O)NCCN1C(=O)c1cc(N)ncc1[N+](=O)[O-]. The van der Waals surface area contributed by atoms with Crippen LogP contribution in [0.4, 0.5) is 11.5 Å². The van der Waals surface area contributed by atoms with E-state index in [-0.39, 0.29) is 17.3 Å². The molecule has 1 aromatic heterocycles. The van der Waals surface area contributed by atoms with Gasteiger partial charge >= 0.3 is 0 Å². The second-order valence-electron chi connectivity index (χ2n) is 4.60. The van der Waals surface area contributed by atoms with E-state index < -0.39 is 22.6 Å². The molecule has 0 bridgehead atoms. The average Bonchev–Trinajstić information content (AvgIpc) is 2.45. The molecule has 0 aromatic carbocycles. The number of hydrogen-bond acceptors (Lipinski definition) is 6. The zero-order valence-electron chi connectivity index (χ0n) is 11.4. The Labute approximate surface area is 120 Å². The van der Waals surface area contributed by atoms with Crippen molar-refractivity contribution in [2.24, 2.45) is 0 Å². The van der Waals surface area contributed by atoms with Crippen molar-refractivity contribution in [2.45, 2.75) is 19.4 Å². The largest absolute Gasteiger partial charge is 0.384 e. The molecule has 0 spiro atoms. The predicted octanol–water partition coefficient (Wildman–Crippen LogP) is -0.0774. The molecule has 21 heavy (non-hydrogen) atoms. The van der Waals surface area contributed by atoms with Gasteiger partial charge in [-0.2, -0.15) is 0 Å². The summed E-state index contributed by atoms with van der Waals surface area (Å²) in [5, 5.41) is 13.7. The fourth-order valence-electron chi connectivity index (χ4n) is 2.30. The fourth-order valence-corrected chi connectivity index (χ4v) is 2.30. The molecule has 1 unspecified atom stereocenters. The molecule has 1 atom stereocenters. The van der Waals surface area contributed by atoms with Gasteiger partial charge < -0.3 is 16.0 Å². The molecular weight excluding hydrogens is 278 g/mol. The first-order chi connectivity index (χ1) is 9.95. The van der Waals surface area contributed by atoms with E-state index in [1.54, 1.807) is 6.92 Å². The quantitative estimate of drug-likeness (QED) is 0.592. The van der Waals surface area contributed by atoms with E-state index in [2.05, 4.69) is 10.3 Å². The number of anilines is 1. The Kier molecular flexibility index (Phi) is 4.01. The number of carbonyl (C=O) groups excluding carboxylic acids is 2. The van der Waals surface area contributed by atoms with Crippen molar-refractivity contribution in [3.8, 4) is 0 Å². The topological polar surface area (TPSA) is 131 Å². The summed E-state index contributed by atoms with van der Waals surface area (Å²) in [7, 11) is 0. The number of piperazine rings is 1. The monoisotopic (exact) mass is 293 g/mol. The Morgan fingerprint density at radius 3 is 3.00 bits per heavy atom. The van der Waals surface area contributed by atoms with Gasteiger partial charge in [0.25, 0.3) is 11.6 Å².